The smallest absolute Gasteiger partial charge is 0.275 e. The highest BCUT2D eigenvalue weighted by molar-refractivity contribution is 7.94. The van der Waals surface area contributed by atoms with Crippen molar-refractivity contribution >= 4 is 27.0 Å². The molecule has 5 nitrogen and oxygen atoms in total. The monoisotopic (exact) mass is 338 g/mol. The van der Waals surface area contributed by atoms with Crippen molar-refractivity contribution in [1.29, 1.82) is 0 Å². The maximum Gasteiger partial charge on any atom is 0.275 e. The van der Waals surface area contributed by atoms with Gasteiger partial charge in [0.1, 0.15) is 11.9 Å². The van der Waals surface area contributed by atoms with E-state index >= 15 is 0 Å². The highest BCUT2D eigenvalue weighted by Crippen LogP contribution is 2.38. The lowest BCUT2D eigenvalue weighted by Crippen LogP contribution is -2.42. The van der Waals surface area contributed by atoms with Gasteiger partial charge in [-0.1, -0.05) is 13.0 Å². The van der Waals surface area contributed by atoms with Crippen LogP contribution < -0.4 is 9.04 Å². The molecule has 1 atom stereocenters. The molecule has 0 radical (unpaired) electrons. The van der Waals surface area contributed by atoms with E-state index in [4.69, 9.17) is 4.74 Å². The zero-order chi connectivity index (χ0) is 15.9. The molecule has 0 amide bonds. The molecule has 2 aromatic rings. The molecule has 118 valence electrons. The predicted molar refractivity (Wildman–Crippen MR) is 87.3 cm³/mol. The molecule has 2 heterocycles. The van der Waals surface area contributed by atoms with Crippen LogP contribution in [0.1, 0.15) is 24.4 Å². The van der Waals surface area contributed by atoms with Crippen LogP contribution in [0.15, 0.2) is 28.6 Å². The summed E-state index contributed by atoms with van der Waals surface area (Å²) in [5.74, 6) is 0.613. The fraction of sp³-hybridized carbons (Fsp3) is 0.400. The van der Waals surface area contributed by atoms with Crippen molar-refractivity contribution in [1.82, 2.24) is 4.98 Å². The van der Waals surface area contributed by atoms with Crippen molar-refractivity contribution in [2.24, 2.45) is 0 Å². The van der Waals surface area contributed by atoms with Crippen molar-refractivity contribution in [2.45, 2.75) is 37.5 Å². The van der Waals surface area contributed by atoms with Gasteiger partial charge in [0.25, 0.3) is 10.0 Å². The SMILES string of the molecule is CCc1ncc(S(=O)(=O)N2CC(C)Oc3cc(C)ccc32)s1. The minimum Gasteiger partial charge on any atom is -0.487 e. The van der Waals surface area contributed by atoms with Crippen LogP contribution in [-0.4, -0.2) is 26.1 Å². The Balaban J connectivity index is 2.08. The van der Waals surface area contributed by atoms with Crippen LogP contribution in [0.2, 0.25) is 0 Å². The van der Waals surface area contributed by atoms with E-state index in [0.29, 0.717) is 18.0 Å². The Morgan fingerprint density at radius 1 is 1.45 bits per heavy atom. The predicted octanol–water partition coefficient (Wildman–Crippen LogP) is 2.99. The highest BCUT2D eigenvalue weighted by atomic mass is 32.2. The third-order valence-corrected chi connectivity index (χ3v) is 6.87. The van der Waals surface area contributed by atoms with E-state index < -0.39 is 10.0 Å². The number of thiazole rings is 1. The zero-order valence-electron chi connectivity index (χ0n) is 12.7. The summed E-state index contributed by atoms with van der Waals surface area (Å²) in [6.07, 6.45) is 1.99. The molecule has 1 unspecified atom stereocenters. The molecule has 7 heteroatoms. The second-order valence-electron chi connectivity index (χ2n) is 5.36. The van der Waals surface area contributed by atoms with E-state index in [2.05, 4.69) is 4.98 Å². The summed E-state index contributed by atoms with van der Waals surface area (Å²) in [7, 11) is -3.60. The van der Waals surface area contributed by atoms with Gasteiger partial charge >= 0.3 is 0 Å². The summed E-state index contributed by atoms with van der Waals surface area (Å²) in [6.45, 7) is 6.10. The Morgan fingerprint density at radius 3 is 2.91 bits per heavy atom. The van der Waals surface area contributed by atoms with Crippen LogP contribution >= 0.6 is 11.3 Å². The summed E-state index contributed by atoms with van der Waals surface area (Å²) < 4.78 is 33.4. The molecule has 1 aliphatic rings. The number of rotatable bonds is 3. The lowest BCUT2D eigenvalue weighted by Gasteiger charge is -2.33. The average molecular weight is 338 g/mol. The zero-order valence-corrected chi connectivity index (χ0v) is 14.4. The van der Waals surface area contributed by atoms with Crippen molar-refractivity contribution in [2.75, 3.05) is 10.8 Å². The number of aromatic nitrogens is 1. The molecular weight excluding hydrogens is 320 g/mol. The van der Waals surface area contributed by atoms with Crippen LogP contribution in [0.25, 0.3) is 0 Å². The number of hydrogen-bond acceptors (Lipinski definition) is 5. The Labute approximate surface area is 134 Å². The lowest BCUT2D eigenvalue weighted by molar-refractivity contribution is 0.219. The highest BCUT2D eigenvalue weighted by Gasteiger charge is 2.34. The second-order valence-corrected chi connectivity index (χ2v) is 8.57. The number of ether oxygens (including phenoxy) is 1. The summed E-state index contributed by atoms with van der Waals surface area (Å²) >= 11 is 1.23. The number of sulfonamides is 1. The fourth-order valence-electron chi connectivity index (χ4n) is 2.42. The number of fused-ring (bicyclic) bond motifs is 1. The Hall–Kier alpha value is -1.60. The van der Waals surface area contributed by atoms with Crippen LogP contribution in [-0.2, 0) is 16.4 Å². The molecule has 0 saturated heterocycles. The lowest BCUT2D eigenvalue weighted by atomic mass is 10.2. The van der Waals surface area contributed by atoms with Gasteiger partial charge in [-0.3, -0.25) is 4.31 Å². The van der Waals surface area contributed by atoms with Crippen LogP contribution in [0.3, 0.4) is 0 Å². The first-order chi connectivity index (χ1) is 10.4. The number of anilines is 1. The quantitative estimate of drug-likeness (QED) is 0.863. The molecule has 1 aromatic heterocycles. The molecule has 1 aliphatic heterocycles. The number of benzene rings is 1. The molecule has 0 saturated carbocycles. The summed E-state index contributed by atoms with van der Waals surface area (Å²) in [6, 6.07) is 5.57. The maximum absolute atomic E-state index is 13.0. The van der Waals surface area contributed by atoms with Crippen molar-refractivity contribution in [3.8, 4) is 5.75 Å². The molecule has 1 aromatic carbocycles. The number of aryl methyl sites for hydroxylation is 2. The minimum absolute atomic E-state index is 0.192. The molecule has 3 rings (SSSR count). The van der Waals surface area contributed by atoms with E-state index in [1.807, 2.05) is 32.9 Å². The van der Waals surface area contributed by atoms with Gasteiger partial charge < -0.3 is 4.74 Å². The summed E-state index contributed by atoms with van der Waals surface area (Å²) in [4.78, 5) is 4.17. The third kappa shape index (κ3) is 2.59. The summed E-state index contributed by atoms with van der Waals surface area (Å²) in [5, 5.41) is 0.823. The van der Waals surface area contributed by atoms with E-state index in [0.717, 1.165) is 17.0 Å². The van der Waals surface area contributed by atoms with Gasteiger partial charge in [0.05, 0.1) is 23.4 Å². The van der Waals surface area contributed by atoms with E-state index in [9.17, 15) is 8.42 Å². The van der Waals surface area contributed by atoms with Gasteiger partial charge in [-0.2, -0.15) is 0 Å². The third-order valence-electron chi connectivity index (χ3n) is 3.51. The minimum atomic E-state index is -3.60. The molecule has 0 bridgehead atoms. The molecule has 0 N–H and O–H groups in total. The average Bonchev–Trinajstić information content (AvgIpc) is 2.95. The topological polar surface area (TPSA) is 59.5 Å². The Kier molecular flexibility index (Phi) is 3.86. The van der Waals surface area contributed by atoms with Crippen molar-refractivity contribution in [3.63, 3.8) is 0 Å². The molecule has 0 aliphatic carbocycles. The first-order valence-corrected chi connectivity index (χ1v) is 9.42. The molecule has 0 spiro atoms. The van der Waals surface area contributed by atoms with Crippen LogP contribution in [0.5, 0.6) is 5.75 Å². The number of nitrogens with zero attached hydrogens (tertiary/aromatic N) is 2. The van der Waals surface area contributed by atoms with E-state index in [1.54, 1.807) is 6.07 Å². The van der Waals surface area contributed by atoms with Gasteiger partial charge in [0.15, 0.2) is 4.21 Å². The van der Waals surface area contributed by atoms with Gasteiger partial charge in [0.2, 0.25) is 0 Å². The van der Waals surface area contributed by atoms with E-state index in [-0.39, 0.29) is 10.3 Å². The first kappa shape index (κ1) is 15.3. The largest absolute Gasteiger partial charge is 0.487 e. The first-order valence-electron chi connectivity index (χ1n) is 7.16. The molecule has 0 fully saturated rings. The van der Waals surface area contributed by atoms with Crippen LogP contribution in [0, 0.1) is 6.92 Å². The van der Waals surface area contributed by atoms with Crippen molar-refractivity contribution < 1.29 is 13.2 Å². The summed E-state index contributed by atoms with van der Waals surface area (Å²) in [5.41, 5.74) is 1.63. The van der Waals surface area contributed by atoms with Crippen molar-refractivity contribution in [3.05, 3.63) is 35.0 Å². The molecule has 22 heavy (non-hydrogen) atoms. The Bertz CT molecular complexity index is 799. The fourth-order valence-corrected chi connectivity index (χ4v) is 5.21. The van der Waals surface area contributed by atoms with Gasteiger partial charge in [-0.25, -0.2) is 13.4 Å². The standard InChI is InChI=1S/C15H18N2O3S2/c1-4-14-16-8-15(21-14)22(18,19)17-9-11(3)20-13-7-10(2)5-6-12(13)17/h5-8,11H,4,9H2,1-3H3. The van der Waals surface area contributed by atoms with E-state index in [1.165, 1.54) is 21.8 Å². The normalized spacial score (nSPS) is 18.0. The maximum atomic E-state index is 13.0. The van der Waals surface area contributed by atoms with Gasteiger partial charge in [-0.15, -0.1) is 11.3 Å². The van der Waals surface area contributed by atoms with Gasteiger partial charge in [0, 0.05) is 0 Å². The van der Waals surface area contributed by atoms with Crippen LogP contribution in [0.4, 0.5) is 5.69 Å². The number of hydrogen-bond donors (Lipinski definition) is 0. The second kappa shape index (κ2) is 5.55. The van der Waals surface area contributed by atoms with Gasteiger partial charge in [-0.05, 0) is 38.0 Å². The Morgan fingerprint density at radius 2 is 2.23 bits per heavy atom. The molecular formula is C15H18N2O3S2.